The highest BCUT2D eigenvalue weighted by Crippen LogP contribution is 2.04. The van der Waals surface area contributed by atoms with E-state index in [4.69, 9.17) is 4.84 Å². The molecule has 0 bridgehead atoms. The minimum absolute atomic E-state index is 0.502. The van der Waals surface area contributed by atoms with Gasteiger partial charge < -0.3 is 4.84 Å². The van der Waals surface area contributed by atoms with Crippen molar-refractivity contribution in [1.82, 2.24) is 5.48 Å². The lowest BCUT2D eigenvalue weighted by atomic mass is 10.1. The van der Waals surface area contributed by atoms with Crippen LogP contribution in [0.3, 0.4) is 0 Å². The molecule has 12 heavy (non-hydrogen) atoms. The molecule has 0 saturated carbocycles. The molecule has 0 radical (unpaired) electrons. The summed E-state index contributed by atoms with van der Waals surface area (Å²) in [7, 11) is 0. The van der Waals surface area contributed by atoms with E-state index in [-0.39, 0.29) is 0 Å². The molecule has 0 aromatic carbocycles. The first kappa shape index (κ1) is 11.9. The summed E-state index contributed by atoms with van der Waals surface area (Å²) in [4.78, 5) is 5.10. The van der Waals surface area contributed by atoms with Gasteiger partial charge in [-0.1, -0.05) is 32.6 Å². The molecule has 0 aliphatic carbocycles. The molecule has 74 valence electrons. The number of hydroxylamine groups is 1. The lowest BCUT2D eigenvalue weighted by Gasteiger charge is -2.11. The average Bonchev–Trinajstić information content (AvgIpc) is 2.09. The van der Waals surface area contributed by atoms with Gasteiger partial charge in [0, 0.05) is 6.04 Å². The molecule has 1 atom stereocenters. The van der Waals surface area contributed by atoms with Crippen molar-refractivity contribution in [2.45, 2.75) is 58.9 Å². The summed E-state index contributed by atoms with van der Waals surface area (Å²) in [5.74, 6) is 0. The summed E-state index contributed by atoms with van der Waals surface area (Å²) < 4.78 is 0. The highest BCUT2D eigenvalue weighted by molar-refractivity contribution is 4.54. The fraction of sp³-hybridized carbons (Fsp3) is 1.00. The van der Waals surface area contributed by atoms with Crippen LogP contribution in [-0.4, -0.2) is 12.6 Å². The standard InChI is InChI=1S/C10H23NO/c1-4-6-7-8-9-10(3)11-12-5-2/h10-11H,4-9H2,1-3H3. The van der Waals surface area contributed by atoms with Crippen LogP contribution in [0, 0.1) is 0 Å². The molecular formula is C10H23NO. The number of hydrogen-bond acceptors (Lipinski definition) is 2. The molecule has 0 heterocycles. The maximum absolute atomic E-state index is 5.10. The maximum atomic E-state index is 5.10. The second-order valence-electron chi connectivity index (χ2n) is 3.30. The van der Waals surface area contributed by atoms with Crippen molar-refractivity contribution in [2.75, 3.05) is 6.61 Å². The lowest BCUT2D eigenvalue weighted by molar-refractivity contribution is 0.0264. The van der Waals surface area contributed by atoms with Crippen molar-refractivity contribution in [1.29, 1.82) is 0 Å². The molecule has 0 fully saturated rings. The van der Waals surface area contributed by atoms with Crippen LogP contribution >= 0.6 is 0 Å². The number of rotatable bonds is 8. The summed E-state index contributed by atoms with van der Waals surface area (Å²) in [6.07, 6.45) is 6.57. The summed E-state index contributed by atoms with van der Waals surface area (Å²) in [5.41, 5.74) is 3.01. The smallest absolute Gasteiger partial charge is 0.0654 e. The molecule has 2 heteroatoms. The molecule has 0 aromatic rings. The van der Waals surface area contributed by atoms with Crippen molar-refractivity contribution in [2.24, 2.45) is 0 Å². The van der Waals surface area contributed by atoms with Crippen LogP contribution in [0.2, 0.25) is 0 Å². The van der Waals surface area contributed by atoms with Crippen molar-refractivity contribution in [3.63, 3.8) is 0 Å². The van der Waals surface area contributed by atoms with Gasteiger partial charge in [-0.25, -0.2) is 0 Å². The Bertz CT molecular complexity index is 85.9. The van der Waals surface area contributed by atoms with Gasteiger partial charge in [-0.15, -0.1) is 0 Å². The van der Waals surface area contributed by atoms with E-state index >= 15 is 0 Å². The van der Waals surface area contributed by atoms with E-state index in [9.17, 15) is 0 Å². The Balaban J connectivity index is 3.02. The molecule has 0 spiro atoms. The second kappa shape index (κ2) is 9.01. The summed E-state index contributed by atoms with van der Waals surface area (Å²) in [6.45, 7) is 7.15. The van der Waals surface area contributed by atoms with Crippen LogP contribution in [0.1, 0.15) is 52.9 Å². The van der Waals surface area contributed by atoms with Crippen molar-refractivity contribution >= 4 is 0 Å². The largest absolute Gasteiger partial charge is 0.302 e. The zero-order valence-corrected chi connectivity index (χ0v) is 8.73. The van der Waals surface area contributed by atoms with Gasteiger partial charge in [0.1, 0.15) is 0 Å². The topological polar surface area (TPSA) is 21.3 Å². The van der Waals surface area contributed by atoms with E-state index in [1.807, 2.05) is 6.92 Å². The number of unbranched alkanes of at least 4 members (excludes halogenated alkanes) is 3. The fourth-order valence-electron chi connectivity index (χ4n) is 1.16. The van der Waals surface area contributed by atoms with Crippen LogP contribution in [0.25, 0.3) is 0 Å². The molecule has 0 aliphatic rings. The summed E-state index contributed by atoms with van der Waals surface area (Å²) in [5, 5.41) is 0. The van der Waals surface area contributed by atoms with Gasteiger partial charge in [0.05, 0.1) is 6.61 Å². The van der Waals surface area contributed by atoms with E-state index in [1.165, 1.54) is 32.1 Å². The molecule has 1 N–H and O–H groups in total. The Labute approximate surface area is 76.6 Å². The first-order valence-corrected chi connectivity index (χ1v) is 5.18. The third-order valence-electron chi connectivity index (χ3n) is 1.92. The Hall–Kier alpha value is -0.0800. The molecule has 0 rings (SSSR count). The van der Waals surface area contributed by atoms with Gasteiger partial charge in [0.2, 0.25) is 0 Å². The maximum Gasteiger partial charge on any atom is 0.0654 e. The van der Waals surface area contributed by atoms with E-state index in [2.05, 4.69) is 19.3 Å². The zero-order chi connectivity index (χ0) is 9.23. The van der Waals surface area contributed by atoms with Crippen LogP contribution in [0.5, 0.6) is 0 Å². The Morgan fingerprint density at radius 1 is 1.17 bits per heavy atom. The van der Waals surface area contributed by atoms with Crippen molar-refractivity contribution in [3.05, 3.63) is 0 Å². The zero-order valence-electron chi connectivity index (χ0n) is 8.73. The van der Waals surface area contributed by atoms with Gasteiger partial charge in [0.15, 0.2) is 0 Å². The predicted octanol–water partition coefficient (Wildman–Crippen LogP) is 2.89. The van der Waals surface area contributed by atoms with Crippen molar-refractivity contribution in [3.8, 4) is 0 Å². The average molecular weight is 173 g/mol. The van der Waals surface area contributed by atoms with Gasteiger partial charge in [-0.2, -0.15) is 5.48 Å². The van der Waals surface area contributed by atoms with Gasteiger partial charge in [-0.3, -0.25) is 0 Å². The van der Waals surface area contributed by atoms with E-state index < -0.39 is 0 Å². The number of hydrogen-bond donors (Lipinski definition) is 1. The van der Waals surface area contributed by atoms with Crippen molar-refractivity contribution < 1.29 is 4.84 Å². The van der Waals surface area contributed by atoms with Crippen LogP contribution in [0.4, 0.5) is 0 Å². The van der Waals surface area contributed by atoms with Gasteiger partial charge in [-0.05, 0) is 20.3 Å². The summed E-state index contributed by atoms with van der Waals surface area (Å²) >= 11 is 0. The van der Waals surface area contributed by atoms with Gasteiger partial charge in [0.25, 0.3) is 0 Å². The minimum atomic E-state index is 0.502. The summed E-state index contributed by atoms with van der Waals surface area (Å²) in [6, 6.07) is 0.502. The molecule has 2 nitrogen and oxygen atoms in total. The molecule has 0 amide bonds. The monoisotopic (exact) mass is 173 g/mol. The van der Waals surface area contributed by atoms with Crippen LogP contribution < -0.4 is 5.48 Å². The SMILES string of the molecule is CCCCCCC(C)NOCC. The van der Waals surface area contributed by atoms with Crippen LogP contribution in [-0.2, 0) is 4.84 Å². The highest BCUT2D eigenvalue weighted by Gasteiger charge is 1.99. The van der Waals surface area contributed by atoms with Gasteiger partial charge >= 0.3 is 0 Å². The normalized spacial score (nSPS) is 13.2. The third-order valence-corrected chi connectivity index (χ3v) is 1.92. The van der Waals surface area contributed by atoms with E-state index in [0.29, 0.717) is 6.04 Å². The third kappa shape index (κ3) is 8.02. The minimum Gasteiger partial charge on any atom is -0.302 e. The van der Waals surface area contributed by atoms with E-state index in [0.717, 1.165) is 6.61 Å². The molecule has 1 unspecified atom stereocenters. The van der Waals surface area contributed by atoms with E-state index in [1.54, 1.807) is 0 Å². The molecule has 0 aromatic heterocycles. The highest BCUT2D eigenvalue weighted by atomic mass is 16.6. The number of nitrogens with one attached hydrogen (secondary N) is 1. The molecule has 0 saturated heterocycles. The predicted molar refractivity (Wildman–Crippen MR) is 53.0 cm³/mol. The Kier molecular flexibility index (Phi) is 8.95. The molecule has 0 aliphatic heterocycles. The van der Waals surface area contributed by atoms with Crippen LogP contribution in [0.15, 0.2) is 0 Å². The Morgan fingerprint density at radius 3 is 2.50 bits per heavy atom. The molecular weight excluding hydrogens is 150 g/mol. The second-order valence-corrected chi connectivity index (χ2v) is 3.30. The first-order chi connectivity index (χ1) is 5.81. The Morgan fingerprint density at radius 2 is 1.92 bits per heavy atom. The first-order valence-electron chi connectivity index (χ1n) is 5.18. The lowest BCUT2D eigenvalue weighted by Crippen LogP contribution is -2.25. The fourth-order valence-corrected chi connectivity index (χ4v) is 1.16. The quantitative estimate of drug-likeness (QED) is 0.450.